The van der Waals surface area contributed by atoms with Crippen LogP contribution in [0.2, 0.25) is 0 Å². The highest BCUT2D eigenvalue weighted by molar-refractivity contribution is 5.96. The van der Waals surface area contributed by atoms with E-state index in [0.29, 0.717) is 11.3 Å². The zero-order valence-corrected chi connectivity index (χ0v) is 17.9. The van der Waals surface area contributed by atoms with Crippen molar-refractivity contribution in [3.63, 3.8) is 0 Å². The van der Waals surface area contributed by atoms with Gasteiger partial charge in [-0.2, -0.15) is 5.26 Å². The Hall–Kier alpha value is -3.17. The number of ketones is 1. The fraction of sp³-hybridized carbons (Fsp3) is 0.400. The Morgan fingerprint density at radius 2 is 1.84 bits per heavy atom. The van der Waals surface area contributed by atoms with E-state index in [1.54, 1.807) is 24.2 Å². The number of amides is 1. The highest BCUT2D eigenvalue weighted by Crippen LogP contribution is 2.53. The van der Waals surface area contributed by atoms with Crippen LogP contribution in [0.3, 0.4) is 0 Å². The molecule has 6 nitrogen and oxygen atoms in total. The fourth-order valence-corrected chi connectivity index (χ4v) is 4.76. The molecular formula is C25H28N4O2. The van der Waals surface area contributed by atoms with Gasteiger partial charge in [0.25, 0.3) is 5.91 Å². The third-order valence-corrected chi connectivity index (χ3v) is 6.66. The predicted octanol–water partition coefficient (Wildman–Crippen LogP) is 3.44. The molecule has 2 aromatic carbocycles. The van der Waals surface area contributed by atoms with Crippen LogP contribution in [0.1, 0.15) is 49.7 Å². The van der Waals surface area contributed by atoms with Gasteiger partial charge < -0.3 is 5.73 Å². The van der Waals surface area contributed by atoms with Gasteiger partial charge in [0.05, 0.1) is 29.3 Å². The second-order valence-electron chi connectivity index (χ2n) is 8.65. The zero-order chi connectivity index (χ0) is 22.0. The first-order chi connectivity index (χ1) is 15.0. The molecule has 2 aliphatic carbocycles. The topological polar surface area (TPSA) is 99.2 Å². The van der Waals surface area contributed by atoms with E-state index in [0.717, 1.165) is 60.9 Å². The van der Waals surface area contributed by atoms with Crippen LogP contribution in [-0.4, -0.2) is 25.3 Å². The van der Waals surface area contributed by atoms with Crippen LogP contribution in [0, 0.1) is 17.2 Å². The lowest BCUT2D eigenvalue weighted by molar-refractivity contribution is -0.125. The summed E-state index contributed by atoms with van der Waals surface area (Å²) in [6, 6.07) is 15.6. The minimum atomic E-state index is -0.367. The number of carbonyl (C=O) groups is 2. The largest absolute Gasteiger partial charge is 0.322 e. The average molecular weight is 417 g/mol. The molecule has 0 spiro atoms. The van der Waals surface area contributed by atoms with E-state index < -0.39 is 0 Å². The SMILES string of the molecule is CN(NC(=O)CN)c1ccc(C2(C(=O)C3CCCC3)CC2)cc1-c1ccc(C#N)cc1. The number of Topliss-reactive ketones (excluding diaryl/α,β-unsaturated/α-hetero) is 1. The van der Waals surface area contributed by atoms with E-state index in [-0.39, 0.29) is 23.8 Å². The Labute approximate surface area is 183 Å². The fourth-order valence-electron chi connectivity index (χ4n) is 4.76. The summed E-state index contributed by atoms with van der Waals surface area (Å²) in [5.74, 6) is 0.299. The van der Waals surface area contributed by atoms with E-state index >= 15 is 0 Å². The van der Waals surface area contributed by atoms with Gasteiger partial charge in [-0.25, -0.2) is 0 Å². The van der Waals surface area contributed by atoms with Crippen molar-refractivity contribution in [3.05, 3.63) is 53.6 Å². The van der Waals surface area contributed by atoms with Gasteiger partial charge in [0.1, 0.15) is 5.78 Å². The van der Waals surface area contributed by atoms with Crippen molar-refractivity contribution in [3.8, 4) is 17.2 Å². The Morgan fingerprint density at radius 1 is 1.16 bits per heavy atom. The monoisotopic (exact) mass is 416 g/mol. The molecule has 2 aromatic rings. The Balaban J connectivity index is 1.74. The quantitative estimate of drug-likeness (QED) is 0.674. The average Bonchev–Trinajstić information content (AvgIpc) is 3.43. The normalized spacial score (nSPS) is 17.1. The van der Waals surface area contributed by atoms with E-state index in [1.807, 2.05) is 24.3 Å². The summed E-state index contributed by atoms with van der Waals surface area (Å²) in [7, 11) is 1.77. The summed E-state index contributed by atoms with van der Waals surface area (Å²) in [6.07, 6.45) is 6.10. The molecule has 0 unspecified atom stereocenters. The molecule has 0 radical (unpaired) electrons. The minimum Gasteiger partial charge on any atom is -0.322 e. The summed E-state index contributed by atoms with van der Waals surface area (Å²) < 4.78 is 0. The molecule has 4 rings (SSSR count). The van der Waals surface area contributed by atoms with Crippen LogP contribution < -0.4 is 16.2 Å². The predicted molar refractivity (Wildman–Crippen MR) is 120 cm³/mol. The summed E-state index contributed by atoms with van der Waals surface area (Å²) in [6.45, 7) is -0.104. The van der Waals surface area contributed by atoms with Crippen molar-refractivity contribution in [1.82, 2.24) is 5.43 Å². The summed E-state index contributed by atoms with van der Waals surface area (Å²) in [5, 5.41) is 10.8. The molecule has 2 aliphatic rings. The molecule has 0 aromatic heterocycles. The van der Waals surface area contributed by atoms with Crippen molar-refractivity contribution in [1.29, 1.82) is 5.26 Å². The number of nitrogens with one attached hydrogen (secondary N) is 1. The highest BCUT2D eigenvalue weighted by Gasteiger charge is 2.53. The number of nitrogens with two attached hydrogens (primary N) is 1. The van der Waals surface area contributed by atoms with Gasteiger partial charge in [-0.1, -0.05) is 31.0 Å². The molecule has 0 saturated heterocycles. The number of nitrogens with zero attached hydrogens (tertiary/aromatic N) is 2. The van der Waals surface area contributed by atoms with Gasteiger partial charge in [-0.15, -0.1) is 0 Å². The van der Waals surface area contributed by atoms with Crippen LogP contribution in [0.15, 0.2) is 42.5 Å². The van der Waals surface area contributed by atoms with E-state index in [4.69, 9.17) is 11.0 Å². The van der Waals surface area contributed by atoms with Crippen LogP contribution in [0.5, 0.6) is 0 Å². The molecule has 160 valence electrons. The van der Waals surface area contributed by atoms with Crippen molar-refractivity contribution in [2.75, 3.05) is 18.6 Å². The maximum Gasteiger partial charge on any atom is 0.252 e. The van der Waals surface area contributed by atoms with Crippen LogP contribution in [-0.2, 0) is 15.0 Å². The molecule has 31 heavy (non-hydrogen) atoms. The molecular weight excluding hydrogens is 388 g/mol. The number of nitriles is 1. The van der Waals surface area contributed by atoms with Gasteiger partial charge in [-0.3, -0.25) is 20.0 Å². The summed E-state index contributed by atoms with van der Waals surface area (Å²) in [4.78, 5) is 25.2. The molecule has 0 aliphatic heterocycles. The number of carbonyl (C=O) groups excluding carboxylic acids is 2. The third-order valence-electron chi connectivity index (χ3n) is 6.66. The van der Waals surface area contributed by atoms with Gasteiger partial charge in [0, 0.05) is 18.5 Å². The molecule has 1 amide bonds. The van der Waals surface area contributed by atoms with Crippen LogP contribution >= 0.6 is 0 Å². The smallest absolute Gasteiger partial charge is 0.252 e. The second kappa shape index (κ2) is 8.52. The van der Waals surface area contributed by atoms with Crippen LogP contribution in [0.25, 0.3) is 11.1 Å². The minimum absolute atomic E-state index is 0.104. The lowest BCUT2D eigenvalue weighted by Crippen LogP contribution is -2.42. The molecule has 6 heteroatoms. The van der Waals surface area contributed by atoms with Crippen LogP contribution in [0.4, 0.5) is 5.69 Å². The first-order valence-electron chi connectivity index (χ1n) is 10.9. The number of hydrogen-bond acceptors (Lipinski definition) is 5. The molecule has 3 N–H and O–H groups in total. The number of hydrogen-bond donors (Lipinski definition) is 2. The molecule has 2 saturated carbocycles. The van der Waals surface area contributed by atoms with E-state index in [9.17, 15) is 9.59 Å². The molecule has 0 heterocycles. The Bertz CT molecular complexity index is 1030. The molecule has 2 fully saturated rings. The van der Waals surface area contributed by atoms with Crippen molar-refractivity contribution >= 4 is 17.4 Å². The number of benzene rings is 2. The van der Waals surface area contributed by atoms with E-state index in [1.165, 1.54) is 0 Å². The first kappa shape index (κ1) is 21.1. The summed E-state index contributed by atoms with van der Waals surface area (Å²) in [5.41, 5.74) is 12.1. The maximum absolute atomic E-state index is 13.3. The van der Waals surface area contributed by atoms with Crippen molar-refractivity contribution in [2.45, 2.75) is 43.9 Å². The van der Waals surface area contributed by atoms with Crippen molar-refractivity contribution in [2.24, 2.45) is 11.7 Å². The maximum atomic E-state index is 13.3. The van der Waals surface area contributed by atoms with E-state index in [2.05, 4.69) is 17.6 Å². The van der Waals surface area contributed by atoms with Crippen molar-refractivity contribution < 1.29 is 9.59 Å². The highest BCUT2D eigenvalue weighted by atomic mass is 16.2. The first-order valence-corrected chi connectivity index (χ1v) is 10.9. The van der Waals surface area contributed by atoms with Gasteiger partial charge in [0.2, 0.25) is 0 Å². The standard InChI is InChI=1S/C25H28N4O2/c1-29(28-23(30)16-27)22-11-10-20(14-21(22)18-8-6-17(15-26)7-9-18)25(12-13-25)24(31)19-4-2-3-5-19/h6-11,14,19H,2-5,12-13,16,27H2,1H3,(H,28,30). The lowest BCUT2D eigenvalue weighted by Gasteiger charge is -2.26. The Morgan fingerprint density at radius 3 is 2.42 bits per heavy atom. The van der Waals surface area contributed by atoms with Gasteiger partial charge in [0.15, 0.2) is 0 Å². The Kier molecular flexibility index (Phi) is 5.79. The summed E-state index contributed by atoms with van der Waals surface area (Å²) >= 11 is 0. The number of anilines is 1. The third kappa shape index (κ3) is 4.06. The zero-order valence-electron chi connectivity index (χ0n) is 17.9. The molecule has 0 atom stereocenters. The molecule has 0 bridgehead atoms. The van der Waals surface area contributed by atoms with Gasteiger partial charge >= 0.3 is 0 Å². The second-order valence-corrected chi connectivity index (χ2v) is 8.65. The number of rotatable bonds is 7. The number of hydrazine groups is 1. The lowest BCUT2D eigenvalue weighted by atomic mass is 9.82. The van der Waals surface area contributed by atoms with Gasteiger partial charge in [-0.05, 0) is 61.1 Å².